The maximum Gasteiger partial charge on any atom is 0.249 e. The number of nitrogens with zero attached hydrogens (tertiary/aromatic N) is 4. The number of carbonyl (C=O) groups is 2. The molecular weight excluding hydrogens is 513 g/mol. The molecule has 1 N–H and O–H groups in total. The molecular formula is C30H32FN5O4. The van der Waals surface area contributed by atoms with Gasteiger partial charge in [-0.15, -0.1) is 5.10 Å². The van der Waals surface area contributed by atoms with E-state index in [1.54, 1.807) is 43.3 Å². The highest BCUT2D eigenvalue weighted by Crippen LogP contribution is 2.37. The van der Waals surface area contributed by atoms with Crippen LogP contribution in [0.3, 0.4) is 0 Å². The minimum absolute atomic E-state index is 0.0161. The molecule has 1 aromatic heterocycles. The van der Waals surface area contributed by atoms with Gasteiger partial charge in [0, 0.05) is 17.3 Å². The Morgan fingerprint density at radius 2 is 1.85 bits per heavy atom. The maximum atomic E-state index is 14.9. The lowest BCUT2D eigenvalue weighted by Gasteiger charge is -2.33. The fourth-order valence-corrected chi connectivity index (χ4v) is 5.21. The number of rotatable bonds is 9. The van der Waals surface area contributed by atoms with Gasteiger partial charge in [0.1, 0.15) is 35.4 Å². The van der Waals surface area contributed by atoms with Gasteiger partial charge in [0.15, 0.2) is 0 Å². The minimum Gasteiger partial charge on any atom is -0.497 e. The summed E-state index contributed by atoms with van der Waals surface area (Å²) in [5, 5.41) is 11.4. The van der Waals surface area contributed by atoms with E-state index in [1.807, 2.05) is 18.2 Å². The van der Waals surface area contributed by atoms with Crippen LogP contribution in [0, 0.1) is 12.7 Å². The number of methoxy groups -OCH3 is 2. The first-order valence-corrected chi connectivity index (χ1v) is 13.3. The summed E-state index contributed by atoms with van der Waals surface area (Å²) in [6.07, 6.45) is 3.74. The zero-order valence-electron chi connectivity index (χ0n) is 22.8. The van der Waals surface area contributed by atoms with Gasteiger partial charge in [-0.25, -0.2) is 9.07 Å². The SMILES string of the molecule is COc1ccc(OC)c(C(C(=O)NC2CCCC2)N(C(=O)Cn2nnc3ccccc32)c2ccc(C)c(F)c2)c1. The van der Waals surface area contributed by atoms with Crippen molar-refractivity contribution in [3.63, 3.8) is 0 Å². The lowest BCUT2D eigenvalue weighted by molar-refractivity contribution is -0.127. The van der Waals surface area contributed by atoms with Gasteiger partial charge in [0.25, 0.3) is 0 Å². The second-order valence-corrected chi connectivity index (χ2v) is 9.93. The van der Waals surface area contributed by atoms with Crippen LogP contribution in [0.5, 0.6) is 11.5 Å². The molecule has 1 heterocycles. The van der Waals surface area contributed by atoms with Crippen LogP contribution in [0.2, 0.25) is 0 Å². The molecule has 1 atom stereocenters. The van der Waals surface area contributed by atoms with Crippen LogP contribution in [0.25, 0.3) is 11.0 Å². The third-order valence-corrected chi connectivity index (χ3v) is 7.35. The van der Waals surface area contributed by atoms with E-state index in [0.717, 1.165) is 25.7 Å². The molecule has 40 heavy (non-hydrogen) atoms. The Morgan fingerprint density at radius 3 is 2.58 bits per heavy atom. The smallest absolute Gasteiger partial charge is 0.249 e. The van der Waals surface area contributed by atoms with Gasteiger partial charge in [0.2, 0.25) is 11.8 Å². The van der Waals surface area contributed by atoms with E-state index in [2.05, 4.69) is 15.6 Å². The first kappa shape index (κ1) is 27.1. The highest BCUT2D eigenvalue weighted by molar-refractivity contribution is 6.02. The number of carbonyl (C=O) groups excluding carboxylic acids is 2. The first-order chi connectivity index (χ1) is 19.4. The Morgan fingerprint density at radius 1 is 1.07 bits per heavy atom. The third-order valence-electron chi connectivity index (χ3n) is 7.35. The molecule has 4 aromatic rings. The fourth-order valence-electron chi connectivity index (χ4n) is 5.21. The lowest BCUT2D eigenvalue weighted by Crippen LogP contribution is -2.47. The van der Waals surface area contributed by atoms with Crippen LogP contribution in [0.4, 0.5) is 10.1 Å². The van der Waals surface area contributed by atoms with Crippen molar-refractivity contribution in [3.8, 4) is 11.5 Å². The summed E-state index contributed by atoms with van der Waals surface area (Å²) >= 11 is 0. The Kier molecular flexibility index (Phi) is 7.95. The van der Waals surface area contributed by atoms with Gasteiger partial charge in [-0.1, -0.05) is 36.3 Å². The van der Waals surface area contributed by atoms with Crippen molar-refractivity contribution in [2.75, 3.05) is 19.1 Å². The maximum absolute atomic E-state index is 14.9. The van der Waals surface area contributed by atoms with Crippen LogP contribution in [0.1, 0.15) is 42.9 Å². The summed E-state index contributed by atoms with van der Waals surface area (Å²) in [6, 6.07) is 15.7. The van der Waals surface area contributed by atoms with Gasteiger partial charge in [-0.2, -0.15) is 0 Å². The van der Waals surface area contributed by atoms with Gasteiger partial charge >= 0.3 is 0 Å². The molecule has 5 rings (SSSR count). The Labute approximate surface area is 231 Å². The number of benzene rings is 3. The number of halogens is 1. The molecule has 9 nitrogen and oxygen atoms in total. The number of anilines is 1. The average Bonchev–Trinajstić information content (AvgIpc) is 3.63. The standard InChI is InChI=1S/C30H32FN5O4/c1-19-12-13-21(16-24(19)31)36(28(37)18-35-26-11-7-6-10-25(26)33-34-35)29(30(38)32-20-8-4-5-9-20)23-17-22(39-2)14-15-27(23)40-3/h6-7,10-17,20,29H,4-5,8-9,18H2,1-3H3,(H,32,38). The van der Waals surface area contributed by atoms with Crippen molar-refractivity contribution < 1.29 is 23.5 Å². The minimum atomic E-state index is -1.19. The van der Waals surface area contributed by atoms with Crippen LogP contribution in [-0.2, 0) is 16.1 Å². The normalized spacial score (nSPS) is 14.2. The van der Waals surface area contributed by atoms with E-state index in [1.165, 1.54) is 29.9 Å². The van der Waals surface area contributed by atoms with E-state index in [0.29, 0.717) is 33.7 Å². The summed E-state index contributed by atoms with van der Waals surface area (Å²) in [5.41, 5.74) is 2.36. The van der Waals surface area contributed by atoms with Gasteiger partial charge in [0.05, 0.1) is 19.7 Å². The van der Waals surface area contributed by atoms with Gasteiger partial charge < -0.3 is 14.8 Å². The van der Waals surface area contributed by atoms with Crippen molar-refractivity contribution in [3.05, 3.63) is 77.6 Å². The Bertz CT molecular complexity index is 1530. The topological polar surface area (TPSA) is 98.6 Å². The molecule has 1 saturated carbocycles. The van der Waals surface area contributed by atoms with E-state index in [-0.39, 0.29) is 18.3 Å². The number of hydrogen-bond donors (Lipinski definition) is 1. The van der Waals surface area contributed by atoms with Crippen molar-refractivity contribution in [2.24, 2.45) is 0 Å². The second kappa shape index (κ2) is 11.7. The predicted octanol–water partition coefficient (Wildman–Crippen LogP) is 4.73. The number of amides is 2. The molecule has 1 fully saturated rings. The van der Waals surface area contributed by atoms with Crippen LogP contribution < -0.4 is 19.7 Å². The van der Waals surface area contributed by atoms with E-state index < -0.39 is 23.7 Å². The molecule has 3 aromatic carbocycles. The second-order valence-electron chi connectivity index (χ2n) is 9.93. The third kappa shape index (κ3) is 5.47. The molecule has 1 aliphatic rings. The predicted molar refractivity (Wildman–Crippen MR) is 149 cm³/mol. The molecule has 208 valence electrons. The van der Waals surface area contributed by atoms with Gasteiger partial charge in [-0.05, 0) is 67.8 Å². The Hall–Kier alpha value is -4.47. The van der Waals surface area contributed by atoms with E-state index in [9.17, 15) is 14.0 Å². The van der Waals surface area contributed by atoms with Crippen molar-refractivity contribution >= 4 is 28.5 Å². The monoisotopic (exact) mass is 545 g/mol. The molecule has 0 saturated heterocycles. The van der Waals surface area contributed by atoms with Crippen molar-refractivity contribution in [1.29, 1.82) is 0 Å². The summed E-state index contributed by atoms with van der Waals surface area (Å²) in [4.78, 5) is 29.7. The largest absolute Gasteiger partial charge is 0.497 e. The number of ether oxygens (including phenoxy) is 2. The number of nitrogens with one attached hydrogen (secondary N) is 1. The highest BCUT2D eigenvalue weighted by Gasteiger charge is 2.37. The van der Waals surface area contributed by atoms with Crippen LogP contribution >= 0.6 is 0 Å². The average molecular weight is 546 g/mol. The molecule has 0 spiro atoms. The molecule has 1 aliphatic carbocycles. The molecule has 0 aliphatic heterocycles. The van der Waals surface area contributed by atoms with E-state index in [4.69, 9.17) is 9.47 Å². The summed E-state index contributed by atoms with van der Waals surface area (Å²) in [6.45, 7) is 1.41. The number of hydrogen-bond acceptors (Lipinski definition) is 6. The zero-order chi connectivity index (χ0) is 28.2. The number of fused-ring (bicyclic) bond motifs is 1. The zero-order valence-corrected chi connectivity index (χ0v) is 22.8. The quantitative estimate of drug-likeness (QED) is 0.327. The summed E-state index contributed by atoms with van der Waals surface area (Å²) in [5.74, 6) is -0.483. The van der Waals surface area contributed by atoms with E-state index >= 15 is 0 Å². The lowest BCUT2D eigenvalue weighted by atomic mass is 10.00. The molecule has 2 amide bonds. The fraction of sp³-hybridized carbons (Fsp3) is 0.333. The molecule has 1 unspecified atom stereocenters. The van der Waals surface area contributed by atoms with Crippen LogP contribution in [-0.4, -0.2) is 47.1 Å². The van der Waals surface area contributed by atoms with Crippen LogP contribution in [0.15, 0.2) is 60.7 Å². The molecule has 0 radical (unpaired) electrons. The summed E-state index contributed by atoms with van der Waals surface area (Å²) in [7, 11) is 3.02. The first-order valence-electron chi connectivity index (χ1n) is 13.3. The van der Waals surface area contributed by atoms with Gasteiger partial charge in [-0.3, -0.25) is 14.5 Å². The number of aromatic nitrogens is 3. The summed E-state index contributed by atoms with van der Waals surface area (Å²) < 4.78 is 27.5. The number of aryl methyl sites for hydroxylation is 1. The number of para-hydroxylation sites is 1. The van der Waals surface area contributed by atoms with Crippen molar-refractivity contribution in [2.45, 2.75) is 51.2 Å². The molecule has 10 heteroatoms. The Balaban J connectivity index is 1.65. The highest BCUT2D eigenvalue weighted by atomic mass is 19.1. The molecule has 0 bridgehead atoms. The van der Waals surface area contributed by atoms with Crippen molar-refractivity contribution in [1.82, 2.24) is 20.3 Å².